The molecule has 0 spiro atoms. The minimum atomic E-state index is -1.37. The van der Waals surface area contributed by atoms with Crippen molar-refractivity contribution in [2.45, 2.75) is 109 Å². The van der Waals surface area contributed by atoms with Crippen LogP contribution in [0.25, 0.3) is 0 Å². The Kier molecular flexibility index (Phi) is 15.8. The predicted molar refractivity (Wildman–Crippen MR) is 155 cm³/mol. The number of nitrogens with zero attached hydrogens (tertiary/aromatic N) is 1. The van der Waals surface area contributed by atoms with Gasteiger partial charge in [0.2, 0.25) is 29.5 Å². The molecule has 0 saturated carbocycles. The summed E-state index contributed by atoms with van der Waals surface area (Å²) in [6.07, 6.45) is 0.930. The summed E-state index contributed by atoms with van der Waals surface area (Å²) in [5.74, 6) is -4.48. The summed E-state index contributed by atoms with van der Waals surface area (Å²) in [6.45, 7) is 8.56. The van der Waals surface area contributed by atoms with Crippen molar-refractivity contribution in [3.05, 3.63) is 0 Å². The number of hydrogen-bond acceptors (Lipinski definition) is 9. The van der Waals surface area contributed by atoms with Gasteiger partial charge < -0.3 is 46.9 Å². The monoisotopic (exact) mass is 612 g/mol. The molecule has 5 amide bonds. The number of nitrogens with two attached hydrogens (primary N) is 1. The zero-order valence-corrected chi connectivity index (χ0v) is 25.6. The van der Waals surface area contributed by atoms with E-state index < -0.39 is 78.9 Å². The zero-order chi connectivity index (χ0) is 32.9. The molecule has 15 heteroatoms. The molecule has 1 heterocycles. The molecular weight excluding hydrogens is 564 g/mol. The van der Waals surface area contributed by atoms with E-state index in [2.05, 4.69) is 21.3 Å². The molecule has 0 radical (unpaired) electrons. The number of likely N-dealkylation sites (tertiary alicyclic amines) is 1. The van der Waals surface area contributed by atoms with Gasteiger partial charge in [-0.1, -0.05) is 27.7 Å². The van der Waals surface area contributed by atoms with Crippen LogP contribution in [0.2, 0.25) is 0 Å². The Labute approximate surface area is 252 Å². The Balaban J connectivity index is 3.13. The second-order valence-electron chi connectivity index (χ2n) is 11.8. The molecule has 0 aromatic heterocycles. The predicted octanol–water partition coefficient (Wildman–Crippen LogP) is -1.59. The van der Waals surface area contributed by atoms with Crippen LogP contribution in [0.4, 0.5) is 0 Å². The highest BCUT2D eigenvalue weighted by molar-refractivity contribution is 5.96. The summed E-state index contributed by atoms with van der Waals surface area (Å²) in [6, 6.07) is -6.37. The van der Waals surface area contributed by atoms with E-state index >= 15 is 0 Å². The van der Waals surface area contributed by atoms with Crippen molar-refractivity contribution in [2.75, 3.05) is 13.2 Å². The van der Waals surface area contributed by atoms with Crippen LogP contribution < -0.4 is 27.0 Å². The van der Waals surface area contributed by atoms with Crippen LogP contribution in [0.3, 0.4) is 0 Å². The molecule has 1 fully saturated rings. The summed E-state index contributed by atoms with van der Waals surface area (Å²) in [7, 11) is 0. The Hall–Kier alpha value is -3.59. The number of nitrogens with one attached hydrogen (secondary N) is 4. The van der Waals surface area contributed by atoms with Crippen molar-refractivity contribution in [3.8, 4) is 0 Å². The summed E-state index contributed by atoms with van der Waals surface area (Å²) in [4.78, 5) is 88.9. The molecule has 0 unspecified atom stereocenters. The van der Waals surface area contributed by atoms with Gasteiger partial charge in [-0.2, -0.15) is 0 Å². The van der Waals surface area contributed by atoms with E-state index in [9.17, 15) is 38.7 Å². The Morgan fingerprint density at radius 1 is 0.860 bits per heavy atom. The van der Waals surface area contributed by atoms with Crippen molar-refractivity contribution in [3.63, 3.8) is 0 Å². The SMILES string of the molecule is CC(C)C[C@H](NC(=O)[C@H](CC(C)C)NC(=O)[C@@H]1CCCN1C(=O)[C@H](C)N)C(=O)N[C@@H](CCC(=O)O)C(=O)N[C@H](C=O)CO. The first-order valence-corrected chi connectivity index (χ1v) is 14.7. The summed E-state index contributed by atoms with van der Waals surface area (Å²) < 4.78 is 0. The largest absolute Gasteiger partial charge is 0.481 e. The molecule has 1 aliphatic heterocycles. The molecule has 0 bridgehead atoms. The van der Waals surface area contributed by atoms with Gasteiger partial charge in [0.15, 0.2) is 0 Å². The number of carbonyl (C=O) groups is 7. The first-order chi connectivity index (χ1) is 20.1. The van der Waals surface area contributed by atoms with Gasteiger partial charge in [-0.3, -0.25) is 28.8 Å². The number of hydrogen-bond donors (Lipinski definition) is 7. The van der Waals surface area contributed by atoms with Gasteiger partial charge in [-0.05, 0) is 50.9 Å². The molecule has 15 nitrogen and oxygen atoms in total. The fraction of sp³-hybridized carbons (Fsp3) is 0.750. The first kappa shape index (κ1) is 37.4. The molecule has 0 aliphatic carbocycles. The first-order valence-electron chi connectivity index (χ1n) is 14.7. The highest BCUT2D eigenvalue weighted by atomic mass is 16.4. The van der Waals surface area contributed by atoms with E-state index in [1.165, 1.54) is 11.8 Å². The van der Waals surface area contributed by atoms with Gasteiger partial charge in [0.25, 0.3) is 0 Å². The second-order valence-corrected chi connectivity index (χ2v) is 11.8. The molecule has 1 rings (SSSR count). The molecule has 1 aliphatic rings. The van der Waals surface area contributed by atoms with Crippen molar-refractivity contribution in [1.29, 1.82) is 0 Å². The highest BCUT2D eigenvalue weighted by Crippen LogP contribution is 2.19. The van der Waals surface area contributed by atoms with Gasteiger partial charge in [-0.25, -0.2) is 0 Å². The summed E-state index contributed by atoms with van der Waals surface area (Å²) in [5.41, 5.74) is 5.74. The topological polar surface area (TPSA) is 237 Å². The average molecular weight is 613 g/mol. The van der Waals surface area contributed by atoms with Crippen molar-refractivity contribution < 1.29 is 43.8 Å². The van der Waals surface area contributed by atoms with Gasteiger partial charge in [0.1, 0.15) is 36.5 Å². The van der Waals surface area contributed by atoms with Crippen LogP contribution in [0.5, 0.6) is 0 Å². The minimum absolute atomic E-state index is 0.0276. The maximum absolute atomic E-state index is 13.5. The van der Waals surface area contributed by atoms with Crippen molar-refractivity contribution in [1.82, 2.24) is 26.2 Å². The normalized spacial score (nSPS) is 18.3. The maximum Gasteiger partial charge on any atom is 0.303 e. The van der Waals surface area contributed by atoms with Gasteiger partial charge in [-0.15, -0.1) is 0 Å². The van der Waals surface area contributed by atoms with E-state index in [-0.39, 0.29) is 37.0 Å². The van der Waals surface area contributed by atoms with Crippen LogP contribution in [0, 0.1) is 11.8 Å². The number of rotatable bonds is 18. The van der Waals surface area contributed by atoms with Crippen molar-refractivity contribution >= 4 is 41.8 Å². The third-order valence-corrected chi connectivity index (χ3v) is 6.88. The molecular formula is C28H48N6O9. The number of carbonyl (C=O) groups excluding carboxylic acids is 6. The summed E-state index contributed by atoms with van der Waals surface area (Å²) in [5, 5.41) is 28.4. The Morgan fingerprint density at radius 2 is 1.37 bits per heavy atom. The van der Waals surface area contributed by atoms with Gasteiger partial charge in [0, 0.05) is 13.0 Å². The van der Waals surface area contributed by atoms with Crippen LogP contribution >= 0.6 is 0 Å². The lowest BCUT2D eigenvalue weighted by Gasteiger charge is -2.29. The zero-order valence-electron chi connectivity index (χ0n) is 25.6. The minimum Gasteiger partial charge on any atom is -0.481 e. The van der Waals surface area contributed by atoms with Gasteiger partial charge >= 0.3 is 5.97 Å². The van der Waals surface area contributed by atoms with Crippen LogP contribution in [-0.4, -0.2) is 106 Å². The number of aliphatic hydroxyl groups is 1. The lowest BCUT2D eigenvalue weighted by molar-refractivity contribution is -0.140. The molecule has 1 saturated heterocycles. The summed E-state index contributed by atoms with van der Waals surface area (Å²) >= 11 is 0. The lowest BCUT2D eigenvalue weighted by Crippen LogP contribution is -2.59. The van der Waals surface area contributed by atoms with Crippen LogP contribution in [-0.2, 0) is 33.6 Å². The third kappa shape index (κ3) is 12.7. The molecule has 0 aromatic rings. The van der Waals surface area contributed by atoms with E-state index in [1.807, 2.05) is 27.7 Å². The number of aliphatic hydroxyl groups excluding tert-OH is 1. The quantitative estimate of drug-likeness (QED) is 0.0876. The molecule has 8 N–H and O–H groups in total. The van der Waals surface area contributed by atoms with Gasteiger partial charge in [0.05, 0.1) is 12.6 Å². The van der Waals surface area contributed by atoms with E-state index in [1.54, 1.807) is 0 Å². The second kappa shape index (κ2) is 18.2. The van der Waals surface area contributed by atoms with E-state index in [4.69, 9.17) is 10.8 Å². The highest BCUT2D eigenvalue weighted by Gasteiger charge is 2.37. The average Bonchev–Trinajstić information content (AvgIpc) is 3.41. The van der Waals surface area contributed by atoms with Crippen LogP contribution in [0.15, 0.2) is 0 Å². The Bertz CT molecular complexity index is 1000. The molecule has 244 valence electrons. The maximum atomic E-state index is 13.5. The number of aliphatic carboxylic acids is 1. The smallest absolute Gasteiger partial charge is 0.303 e. The number of carboxylic acid groups (broad SMARTS) is 1. The number of amides is 5. The van der Waals surface area contributed by atoms with Crippen molar-refractivity contribution in [2.24, 2.45) is 17.6 Å². The standard InChI is InChI=1S/C28H48N6O9/c1-15(2)11-20(25(40)31-19(8-9-23(37)38)24(39)30-18(13-35)14-36)32-26(41)21(12-16(3)4)33-27(42)22-7-6-10-34(22)28(43)17(5)29/h13,15-22,36H,6-12,14,29H2,1-5H3,(H,30,39)(H,31,40)(H,32,41)(H,33,42)(H,37,38)/t17-,18+,19-,20-,21-,22-/m0/s1. The lowest BCUT2D eigenvalue weighted by atomic mass is 9.99. The van der Waals surface area contributed by atoms with E-state index in [0.717, 1.165) is 0 Å². The number of aldehydes is 1. The van der Waals surface area contributed by atoms with E-state index in [0.29, 0.717) is 25.7 Å². The molecule has 43 heavy (non-hydrogen) atoms. The molecule has 0 aromatic carbocycles. The fourth-order valence-electron chi connectivity index (χ4n) is 4.73. The molecule has 6 atom stereocenters. The van der Waals surface area contributed by atoms with Crippen LogP contribution in [0.1, 0.15) is 73.1 Å². The number of carboxylic acids is 1. The Morgan fingerprint density at radius 3 is 1.84 bits per heavy atom. The third-order valence-electron chi connectivity index (χ3n) is 6.88. The fourth-order valence-corrected chi connectivity index (χ4v) is 4.73.